The number of amides is 9. The minimum absolute atomic E-state index is 0.0536. The number of hydrogen-bond donors (Lipinski definition) is 7. The molecule has 7 N–H and O–H groups in total. The van der Waals surface area contributed by atoms with Gasteiger partial charge in [-0.15, -0.1) is 11.3 Å². The standard InChI is InChI=1S/C57H73N9O11S2/c1-38-35-41(77-40-14-3-2-4-15-40)23-24-43(38)66-44-16-7-18-45-51(44)53(64-57(66)73)54(79-45)55(71)61-39-13-10-28-65(36-39)50(70)22-9-25-58-48(68)20-8-21-49(69)60-27-12-30-75-32-34-76-33-31-74-29-11-26-59-47(67)19-6-5-17-46-52-42(37-78-46)62-56(72)63-52/h2-4,7,9,14-16,18,22-24,35,39,42,46,52H,5-6,8,10-13,17,19-21,25-34,36-37H2,1H3,(H,58,68)(H,59,67)(H,60,69)(H,61,71)(H,64,73)(H2,62,63,72)/b22-9+/t39?,42-,46+,52-/m0/s1. The highest BCUT2D eigenvalue weighted by Gasteiger charge is 2.42. The van der Waals surface area contributed by atoms with Crippen molar-refractivity contribution in [1.29, 1.82) is 0 Å². The summed E-state index contributed by atoms with van der Waals surface area (Å²) in [5, 5.41) is 21.8. The van der Waals surface area contributed by atoms with E-state index < -0.39 is 0 Å². The average Bonchev–Trinajstić information content (AvgIpc) is 4.37. The minimum atomic E-state index is -0.384. The summed E-state index contributed by atoms with van der Waals surface area (Å²) in [6.07, 6.45) is 9.83. The fourth-order valence-corrected chi connectivity index (χ4v) is 12.6. The highest BCUT2D eigenvalue weighted by molar-refractivity contribution is 8.00. The van der Waals surface area contributed by atoms with Crippen LogP contribution in [-0.2, 0) is 33.4 Å². The molecular weight excluding hydrogens is 1050 g/mol. The number of urea groups is 2. The van der Waals surface area contributed by atoms with Gasteiger partial charge in [0.2, 0.25) is 23.6 Å². The predicted octanol–water partition coefficient (Wildman–Crippen LogP) is 7.04. The van der Waals surface area contributed by atoms with Gasteiger partial charge in [0.15, 0.2) is 0 Å². The molecule has 4 aliphatic rings. The summed E-state index contributed by atoms with van der Waals surface area (Å²) in [6, 6.07) is 20.4. The van der Waals surface area contributed by atoms with Crippen molar-refractivity contribution in [2.75, 3.05) is 88.3 Å². The second-order valence-corrected chi connectivity index (χ2v) is 22.2. The van der Waals surface area contributed by atoms with Crippen molar-refractivity contribution in [2.45, 2.75) is 101 Å². The molecule has 0 spiro atoms. The van der Waals surface area contributed by atoms with Crippen LogP contribution in [0.2, 0.25) is 0 Å². The molecule has 4 aromatic rings. The minimum Gasteiger partial charge on any atom is -0.457 e. The number of piperidine rings is 1. The maximum atomic E-state index is 13.9. The molecule has 22 heteroatoms. The Labute approximate surface area is 469 Å². The molecule has 0 bridgehead atoms. The molecule has 79 heavy (non-hydrogen) atoms. The largest absolute Gasteiger partial charge is 0.457 e. The lowest BCUT2D eigenvalue weighted by Crippen LogP contribution is -2.49. The molecule has 3 aromatic carbocycles. The Balaban J connectivity index is 0.616. The Bertz CT molecular complexity index is 2780. The molecule has 4 atom stereocenters. The number of ether oxygens (including phenoxy) is 4. The molecular formula is C57H73N9O11S2. The number of aryl methyl sites for hydroxylation is 1. The van der Waals surface area contributed by atoms with Crippen LogP contribution in [0.1, 0.15) is 85.9 Å². The van der Waals surface area contributed by atoms with E-state index in [1.807, 2.05) is 85.4 Å². The van der Waals surface area contributed by atoms with Gasteiger partial charge in [0.1, 0.15) is 16.4 Å². The number of nitrogens with one attached hydrogen (secondary N) is 7. The maximum absolute atomic E-state index is 13.9. The van der Waals surface area contributed by atoms with E-state index in [1.54, 1.807) is 15.9 Å². The van der Waals surface area contributed by atoms with Crippen molar-refractivity contribution in [3.05, 3.63) is 89.3 Å². The van der Waals surface area contributed by atoms with Crippen LogP contribution in [-0.4, -0.2) is 148 Å². The van der Waals surface area contributed by atoms with E-state index in [0.717, 1.165) is 47.1 Å². The van der Waals surface area contributed by atoms with E-state index in [9.17, 15) is 33.6 Å². The van der Waals surface area contributed by atoms with Crippen LogP contribution in [0.25, 0.3) is 10.1 Å². The van der Waals surface area contributed by atoms with Gasteiger partial charge in [-0.05, 0) is 99.9 Å². The van der Waals surface area contributed by atoms with Crippen LogP contribution in [0, 0.1) is 6.92 Å². The molecule has 9 amide bonds. The normalized spacial score (nSPS) is 18.4. The number of carbonyl (C=O) groups is 7. The van der Waals surface area contributed by atoms with Crippen LogP contribution < -0.4 is 46.9 Å². The summed E-state index contributed by atoms with van der Waals surface area (Å²) >= 11 is 3.20. The fraction of sp³-hybridized carbons (Fsp3) is 0.491. The second-order valence-electron chi connectivity index (χ2n) is 19.9. The molecule has 1 unspecified atom stereocenters. The summed E-state index contributed by atoms with van der Waals surface area (Å²) in [6.45, 7) is 6.71. The zero-order valence-electron chi connectivity index (χ0n) is 44.8. The number of para-hydroxylation sites is 1. The SMILES string of the molecule is Cc1cc(Oc2ccccc2)ccc1N1C(=O)Nc2c(C(=O)NC3CCCN(C(=O)/C=C/CNC(=O)CCCC(=O)NCCCOCCOCCOCCCNC(=O)CCCC[C@H]4SC[C@@H]5NC(=O)N[C@@H]54)C3)sc3cccc1c23. The molecule has 0 aliphatic carbocycles. The number of carbonyl (C=O) groups excluding carboxylic acids is 7. The molecule has 424 valence electrons. The Morgan fingerprint density at radius 2 is 1.46 bits per heavy atom. The Kier molecular flexibility index (Phi) is 22.2. The number of benzene rings is 3. The third-order valence-corrected chi connectivity index (χ3v) is 16.6. The molecule has 5 heterocycles. The zero-order chi connectivity index (χ0) is 55.3. The van der Waals surface area contributed by atoms with Crippen molar-refractivity contribution in [2.24, 2.45) is 0 Å². The molecule has 4 aliphatic heterocycles. The van der Waals surface area contributed by atoms with Gasteiger partial charge in [-0.2, -0.15) is 11.8 Å². The highest BCUT2D eigenvalue weighted by atomic mass is 32.2. The first-order valence-corrected chi connectivity index (χ1v) is 29.4. The van der Waals surface area contributed by atoms with E-state index in [2.05, 4.69) is 37.2 Å². The van der Waals surface area contributed by atoms with E-state index in [-0.39, 0.29) is 79.1 Å². The molecule has 1 aromatic heterocycles. The quantitative estimate of drug-likeness (QED) is 0.0152. The molecule has 20 nitrogen and oxygen atoms in total. The number of unbranched alkanes of at least 4 members (excludes halogenated alkanes) is 1. The lowest BCUT2D eigenvalue weighted by molar-refractivity contribution is -0.127. The summed E-state index contributed by atoms with van der Waals surface area (Å²) in [5.41, 5.74) is 2.66. The summed E-state index contributed by atoms with van der Waals surface area (Å²) in [7, 11) is 0. The van der Waals surface area contributed by atoms with E-state index in [4.69, 9.17) is 18.9 Å². The van der Waals surface area contributed by atoms with Gasteiger partial charge < -0.3 is 61.1 Å². The third-order valence-electron chi connectivity index (χ3n) is 13.9. The second kappa shape index (κ2) is 30.0. The highest BCUT2D eigenvalue weighted by Crippen LogP contribution is 2.47. The Hall–Kier alpha value is -6.72. The first kappa shape index (κ1) is 58.4. The molecule has 3 fully saturated rings. The lowest BCUT2D eigenvalue weighted by Gasteiger charge is -2.32. The Morgan fingerprint density at radius 1 is 0.747 bits per heavy atom. The van der Waals surface area contributed by atoms with Crippen LogP contribution in [0.4, 0.5) is 26.7 Å². The Morgan fingerprint density at radius 3 is 2.19 bits per heavy atom. The van der Waals surface area contributed by atoms with Crippen molar-refractivity contribution >= 4 is 91.8 Å². The number of rotatable bonds is 31. The van der Waals surface area contributed by atoms with Crippen LogP contribution in [0.5, 0.6) is 11.5 Å². The van der Waals surface area contributed by atoms with Crippen LogP contribution in [0.3, 0.4) is 0 Å². The molecule has 0 radical (unpaired) electrons. The maximum Gasteiger partial charge on any atom is 0.331 e. The van der Waals surface area contributed by atoms with Gasteiger partial charge in [-0.1, -0.05) is 36.8 Å². The van der Waals surface area contributed by atoms with E-state index >= 15 is 0 Å². The van der Waals surface area contributed by atoms with Gasteiger partial charge >= 0.3 is 12.1 Å². The zero-order valence-corrected chi connectivity index (χ0v) is 46.4. The van der Waals surface area contributed by atoms with Crippen molar-refractivity contribution in [3.8, 4) is 11.5 Å². The smallest absolute Gasteiger partial charge is 0.331 e. The first-order chi connectivity index (χ1) is 38.5. The van der Waals surface area contributed by atoms with Gasteiger partial charge in [-0.3, -0.25) is 28.9 Å². The van der Waals surface area contributed by atoms with Gasteiger partial charge in [0.05, 0.1) is 55.6 Å². The molecule has 0 saturated carbocycles. The molecule has 3 saturated heterocycles. The number of thioether (sulfide) groups is 1. The van der Waals surface area contributed by atoms with Crippen molar-refractivity contribution in [3.63, 3.8) is 0 Å². The number of hydrogen-bond acceptors (Lipinski definition) is 13. The van der Waals surface area contributed by atoms with E-state index in [0.29, 0.717) is 137 Å². The number of nitrogens with zero attached hydrogens (tertiary/aromatic N) is 2. The third kappa shape index (κ3) is 17.1. The number of likely N-dealkylation sites (tertiary alicyclic amines) is 1. The summed E-state index contributed by atoms with van der Waals surface area (Å²) in [5.74, 6) is 1.44. The van der Waals surface area contributed by atoms with Crippen LogP contribution in [0.15, 0.2) is 78.9 Å². The van der Waals surface area contributed by atoms with Gasteiger partial charge in [0, 0.05) is 98.4 Å². The predicted molar refractivity (Wildman–Crippen MR) is 305 cm³/mol. The number of thiophene rings is 1. The topological polar surface area (TPSA) is 247 Å². The fourth-order valence-electron chi connectivity index (χ4n) is 9.95. The average molecular weight is 1120 g/mol. The lowest BCUT2D eigenvalue weighted by atomic mass is 10.0. The summed E-state index contributed by atoms with van der Waals surface area (Å²) < 4.78 is 23.6. The molecule has 8 rings (SSSR count). The van der Waals surface area contributed by atoms with Crippen molar-refractivity contribution in [1.82, 2.24) is 36.8 Å². The summed E-state index contributed by atoms with van der Waals surface area (Å²) in [4.78, 5) is 93.0. The number of fused-ring (bicyclic) bond motifs is 1. The monoisotopic (exact) mass is 1120 g/mol. The van der Waals surface area contributed by atoms with Gasteiger partial charge in [0.25, 0.3) is 5.91 Å². The number of anilines is 3. The van der Waals surface area contributed by atoms with Gasteiger partial charge in [-0.25, -0.2) is 9.59 Å². The van der Waals surface area contributed by atoms with E-state index in [1.165, 1.54) is 17.4 Å². The first-order valence-electron chi connectivity index (χ1n) is 27.5. The van der Waals surface area contributed by atoms with Crippen LogP contribution >= 0.6 is 23.1 Å². The van der Waals surface area contributed by atoms with Crippen molar-refractivity contribution < 1.29 is 52.5 Å².